The molecule has 0 bridgehead atoms. The van der Waals surface area contributed by atoms with Gasteiger partial charge in [0.25, 0.3) is 0 Å². The fourth-order valence-corrected chi connectivity index (χ4v) is 2.25. The Morgan fingerprint density at radius 3 is 2.35 bits per heavy atom. The quantitative estimate of drug-likeness (QED) is 0.736. The van der Waals surface area contributed by atoms with Crippen molar-refractivity contribution in [2.45, 2.75) is 6.42 Å². The summed E-state index contributed by atoms with van der Waals surface area (Å²) in [5.41, 5.74) is 9.02. The van der Waals surface area contributed by atoms with Crippen LogP contribution in [0.5, 0.6) is 0 Å². The zero-order valence-corrected chi connectivity index (χ0v) is 11.3. The third kappa shape index (κ3) is 2.75. The smallest absolute Gasteiger partial charge is 0.126 e. The Bertz CT molecular complexity index is 732. The Morgan fingerprint density at radius 1 is 0.950 bits per heavy atom. The zero-order chi connectivity index (χ0) is 13.4. The van der Waals surface area contributed by atoms with E-state index in [2.05, 4.69) is 4.98 Å². The van der Waals surface area contributed by atoms with Crippen molar-refractivity contribution in [2.24, 2.45) is 0 Å². The number of rotatable bonds is 2. The molecule has 104 valence electrons. The van der Waals surface area contributed by atoms with Gasteiger partial charge in [-0.05, 0) is 41.8 Å². The molecule has 0 atom stereocenters. The summed E-state index contributed by atoms with van der Waals surface area (Å²) in [5, 5.41) is 0.925. The van der Waals surface area contributed by atoms with Crippen LogP contribution < -0.4 is 5.73 Å². The number of benzene rings is 2. The molecule has 0 unspecified atom stereocenters. The molecule has 2 aromatic carbocycles. The molecule has 1 heterocycles. The summed E-state index contributed by atoms with van der Waals surface area (Å²) in [6, 6.07) is 9.32. The second-order valence-electron chi connectivity index (χ2n) is 4.58. The molecule has 3 rings (SSSR count). The number of hydrogen-bond acceptors (Lipinski definition) is 1. The van der Waals surface area contributed by atoms with Crippen molar-refractivity contribution in [3.05, 3.63) is 65.4 Å². The van der Waals surface area contributed by atoms with Crippen LogP contribution in [0.4, 0.5) is 14.5 Å². The van der Waals surface area contributed by atoms with Crippen LogP contribution in [0.15, 0.2) is 42.6 Å². The first-order chi connectivity index (χ1) is 9.11. The number of fused-ring (bicyclic) bond motifs is 1. The van der Waals surface area contributed by atoms with E-state index < -0.39 is 11.6 Å². The van der Waals surface area contributed by atoms with Crippen LogP contribution >= 0.6 is 12.4 Å². The molecule has 0 aliphatic heterocycles. The first-order valence-electron chi connectivity index (χ1n) is 5.92. The van der Waals surface area contributed by atoms with E-state index in [0.29, 0.717) is 17.7 Å². The summed E-state index contributed by atoms with van der Waals surface area (Å²) in [6.45, 7) is 0. The van der Waals surface area contributed by atoms with Gasteiger partial charge >= 0.3 is 0 Å². The minimum absolute atomic E-state index is 0. The largest absolute Gasteiger partial charge is 0.397 e. The Hall–Kier alpha value is -2.07. The van der Waals surface area contributed by atoms with Crippen molar-refractivity contribution in [2.75, 3.05) is 5.73 Å². The topological polar surface area (TPSA) is 41.8 Å². The molecule has 2 nitrogen and oxygen atoms in total. The SMILES string of the molecule is Cl.Nc1c[nH]c2ccc(Cc3cc(F)cc(F)c3)cc12. The van der Waals surface area contributed by atoms with E-state index in [1.807, 2.05) is 18.2 Å². The Labute approximate surface area is 121 Å². The predicted molar refractivity (Wildman–Crippen MR) is 79.1 cm³/mol. The second-order valence-corrected chi connectivity index (χ2v) is 4.58. The highest BCUT2D eigenvalue weighted by Gasteiger charge is 2.05. The second kappa shape index (κ2) is 5.51. The molecule has 0 amide bonds. The van der Waals surface area contributed by atoms with Gasteiger partial charge in [0.15, 0.2) is 0 Å². The number of aromatic amines is 1. The summed E-state index contributed by atoms with van der Waals surface area (Å²) < 4.78 is 26.3. The van der Waals surface area contributed by atoms with Crippen LogP contribution in [-0.4, -0.2) is 4.98 Å². The van der Waals surface area contributed by atoms with Crippen molar-refractivity contribution in [3.63, 3.8) is 0 Å². The minimum atomic E-state index is -0.558. The van der Waals surface area contributed by atoms with Crippen molar-refractivity contribution < 1.29 is 8.78 Å². The molecule has 0 aliphatic carbocycles. The van der Waals surface area contributed by atoms with E-state index in [0.717, 1.165) is 22.5 Å². The van der Waals surface area contributed by atoms with Gasteiger partial charge in [-0.25, -0.2) is 8.78 Å². The Balaban J connectivity index is 0.00000147. The molecule has 0 saturated carbocycles. The van der Waals surface area contributed by atoms with Crippen LogP contribution in [0.2, 0.25) is 0 Å². The van der Waals surface area contributed by atoms with E-state index in [1.165, 1.54) is 12.1 Å². The highest BCUT2D eigenvalue weighted by atomic mass is 35.5. The van der Waals surface area contributed by atoms with Gasteiger partial charge in [0, 0.05) is 23.2 Å². The molecular weight excluding hydrogens is 282 g/mol. The highest BCUT2D eigenvalue weighted by molar-refractivity contribution is 5.91. The van der Waals surface area contributed by atoms with E-state index in [9.17, 15) is 8.78 Å². The van der Waals surface area contributed by atoms with Gasteiger partial charge in [0.2, 0.25) is 0 Å². The molecule has 0 saturated heterocycles. The first kappa shape index (κ1) is 14.3. The number of halogens is 3. The first-order valence-corrected chi connectivity index (χ1v) is 5.92. The monoisotopic (exact) mass is 294 g/mol. The number of hydrogen-bond donors (Lipinski definition) is 2. The molecule has 0 aliphatic rings. The lowest BCUT2D eigenvalue weighted by Crippen LogP contribution is -1.91. The van der Waals surface area contributed by atoms with Crippen molar-refractivity contribution in [1.29, 1.82) is 0 Å². The normalized spacial score (nSPS) is 10.5. The molecule has 0 radical (unpaired) electrons. The van der Waals surface area contributed by atoms with Gasteiger partial charge in [-0.3, -0.25) is 0 Å². The van der Waals surface area contributed by atoms with Crippen molar-refractivity contribution in [1.82, 2.24) is 4.98 Å². The van der Waals surface area contributed by atoms with Gasteiger partial charge in [-0.2, -0.15) is 0 Å². The lowest BCUT2D eigenvalue weighted by molar-refractivity contribution is 0.580. The molecule has 1 aromatic heterocycles. The summed E-state index contributed by atoms with van der Waals surface area (Å²) in [4.78, 5) is 3.05. The number of anilines is 1. The number of H-pyrrole nitrogens is 1. The van der Waals surface area contributed by atoms with Gasteiger partial charge < -0.3 is 10.7 Å². The zero-order valence-electron chi connectivity index (χ0n) is 10.5. The standard InChI is InChI=1S/C15H12F2N2.ClH/c16-11-4-10(5-12(17)7-11)3-9-1-2-15-13(6-9)14(18)8-19-15;/h1-2,4-8,19H,3,18H2;1H. The summed E-state index contributed by atoms with van der Waals surface area (Å²) in [6.07, 6.45) is 2.20. The molecule has 3 N–H and O–H groups in total. The van der Waals surface area contributed by atoms with Gasteiger partial charge in [-0.15, -0.1) is 12.4 Å². The molecule has 20 heavy (non-hydrogen) atoms. The van der Waals surface area contributed by atoms with Crippen LogP contribution in [0, 0.1) is 11.6 Å². The fourth-order valence-electron chi connectivity index (χ4n) is 2.25. The van der Waals surface area contributed by atoms with Gasteiger partial charge in [-0.1, -0.05) is 6.07 Å². The molecule has 3 aromatic rings. The third-order valence-corrected chi connectivity index (χ3v) is 3.11. The predicted octanol–water partition coefficient (Wildman–Crippen LogP) is 4.04. The lowest BCUT2D eigenvalue weighted by Gasteiger charge is -2.04. The average molecular weight is 295 g/mol. The minimum Gasteiger partial charge on any atom is -0.397 e. The molecule has 0 spiro atoms. The van der Waals surface area contributed by atoms with Gasteiger partial charge in [0.05, 0.1) is 5.69 Å². The van der Waals surface area contributed by atoms with Crippen LogP contribution in [0.3, 0.4) is 0 Å². The Kier molecular flexibility index (Phi) is 3.95. The maximum absolute atomic E-state index is 13.1. The molecule has 0 fully saturated rings. The number of nitrogens with two attached hydrogens (primary N) is 1. The average Bonchev–Trinajstić information content (AvgIpc) is 2.70. The number of nitrogen functional groups attached to an aromatic ring is 1. The molecule has 5 heteroatoms. The van der Waals surface area contributed by atoms with Crippen molar-refractivity contribution in [3.8, 4) is 0 Å². The fraction of sp³-hybridized carbons (Fsp3) is 0.0667. The number of aromatic nitrogens is 1. The van der Waals surface area contributed by atoms with Crippen LogP contribution in [-0.2, 0) is 6.42 Å². The Morgan fingerprint density at radius 2 is 1.65 bits per heavy atom. The summed E-state index contributed by atoms with van der Waals surface area (Å²) >= 11 is 0. The number of nitrogens with one attached hydrogen (secondary N) is 1. The van der Waals surface area contributed by atoms with Gasteiger partial charge in [0.1, 0.15) is 11.6 Å². The molecular formula is C15H13ClF2N2. The van der Waals surface area contributed by atoms with Crippen molar-refractivity contribution >= 4 is 29.0 Å². The van der Waals surface area contributed by atoms with E-state index in [1.54, 1.807) is 6.20 Å². The van der Waals surface area contributed by atoms with Crippen LogP contribution in [0.25, 0.3) is 10.9 Å². The van der Waals surface area contributed by atoms with E-state index in [4.69, 9.17) is 5.73 Å². The highest BCUT2D eigenvalue weighted by Crippen LogP contribution is 2.23. The summed E-state index contributed by atoms with van der Waals surface area (Å²) in [5.74, 6) is -1.12. The lowest BCUT2D eigenvalue weighted by atomic mass is 10.0. The maximum Gasteiger partial charge on any atom is 0.126 e. The maximum atomic E-state index is 13.1. The van der Waals surface area contributed by atoms with E-state index >= 15 is 0 Å². The van der Waals surface area contributed by atoms with E-state index in [-0.39, 0.29) is 12.4 Å². The van der Waals surface area contributed by atoms with Crippen LogP contribution in [0.1, 0.15) is 11.1 Å². The summed E-state index contributed by atoms with van der Waals surface area (Å²) in [7, 11) is 0. The third-order valence-electron chi connectivity index (χ3n) is 3.11.